The number of carbonyl (C=O) groups excluding carboxylic acids is 1. The maximum Gasteiger partial charge on any atom is 0.179 e. The first-order valence-corrected chi connectivity index (χ1v) is 12.6. The van der Waals surface area contributed by atoms with E-state index in [1.165, 1.54) is 11.1 Å². The van der Waals surface area contributed by atoms with Crippen LogP contribution < -0.4 is 4.74 Å². The molecule has 3 aromatic carbocycles. The molecule has 180 valence electrons. The van der Waals surface area contributed by atoms with E-state index in [0.717, 1.165) is 66.8 Å². The number of aromatic nitrogens is 1. The molecule has 35 heavy (non-hydrogen) atoms. The van der Waals surface area contributed by atoms with Gasteiger partial charge < -0.3 is 9.30 Å². The number of hydrogen-bond acceptors (Lipinski definition) is 3. The van der Waals surface area contributed by atoms with Crippen LogP contribution in [-0.2, 0) is 13.0 Å². The minimum Gasteiger partial charge on any atom is -0.497 e. The summed E-state index contributed by atoms with van der Waals surface area (Å²) >= 11 is 0. The van der Waals surface area contributed by atoms with Crippen molar-refractivity contribution in [1.29, 1.82) is 0 Å². The first kappa shape index (κ1) is 23.4. The van der Waals surface area contributed by atoms with Crippen LogP contribution in [0.1, 0.15) is 40.0 Å². The van der Waals surface area contributed by atoms with Gasteiger partial charge in [0.25, 0.3) is 0 Å². The molecule has 0 bridgehead atoms. The molecule has 0 atom stereocenters. The quantitative estimate of drug-likeness (QED) is 0.292. The molecule has 1 saturated heterocycles. The van der Waals surface area contributed by atoms with Crippen LogP contribution in [0, 0.1) is 12.8 Å². The first-order chi connectivity index (χ1) is 17.1. The number of rotatable bonds is 8. The van der Waals surface area contributed by atoms with Gasteiger partial charge in [0, 0.05) is 28.7 Å². The number of methoxy groups -OCH3 is 1. The van der Waals surface area contributed by atoms with Crippen LogP contribution in [0.25, 0.3) is 10.9 Å². The highest BCUT2D eigenvalue weighted by molar-refractivity contribution is 6.10. The molecule has 0 saturated carbocycles. The van der Waals surface area contributed by atoms with Crippen LogP contribution in [0.15, 0.2) is 78.9 Å². The van der Waals surface area contributed by atoms with Gasteiger partial charge in [-0.15, -0.1) is 0 Å². The molecule has 2 heterocycles. The third-order valence-electron chi connectivity index (χ3n) is 7.43. The molecule has 4 nitrogen and oxygen atoms in total. The fourth-order valence-corrected chi connectivity index (χ4v) is 5.49. The summed E-state index contributed by atoms with van der Waals surface area (Å²) in [5, 5.41) is 0.988. The van der Waals surface area contributed by atoms with Crippen LogP contribution in [0.3, 0.4) is 0 Å². The lowest BCUT2D eigenvalue weighted by Gasteiger charge is -2.31. The van der Waals surface area contributed by atoms with E-state index < -0.39 is 0 Å². The number of ketones is 1. The lowest BCUT2D eigenvalue weighted by Crippen LogP contribution is -2.38. The average Bonchev–Trinajstić information content (AvgIpc) is 3.16. The number of fused-ring (bicyclic) bond motifs is 1. The number of nitrogens with zero attached hydrogens (tertiary/aromatic N) is 2. The highest BCUT2D eigenvalue weighted by Gasteiger charge is 2.25. The van der Waals surface area contributed by atoms with Gasteiger partial charge in [0.2, 0.25) is 0 Å². The fourth-order valence-electron chi connectivity index (χ4n) is 5.49. The number of benzene rings is 3. The van der Waals surface area contributed by atoms with Crippen molar-refractivity contribution in [2.24, 2.45) is 5.92 Å². The van der Waals surface area contributed by atoms with Crippen molar-refractivity contribution in [2.75, 3.05) is 26.7 Å². The number of carbonyl (C=O) groups is 1. The second-order valence-electron chi connectivity index (χ2n) is 9.75. The zero-order chi connectivity index (χ0) is 24.2. The molecular weight excluding hydrogens is 432 g/mol. The monoisotopic (exact) mass is 466 g/mol. The third-order valence-corrected chi connectivity index (χ3v) is 7.43. The summed E-state index contributed by atoms with van der Waals surface area (Å²) in [6.07, 6.45) is 3.42. The Kier molecular flexibility index (Phi) is 7.01. The SMILES string of the molecule is COc1ccc2c(c1)c(C(=O)CN1CCC(Cc3ccccc3)CC1)c(C)n2Cc1ccccc1. The van der Waals surface area contributed by atoms with E-state index in [9.17, 15) is 4.79 Å². The Bertz CT molecular complexity index is 1290. The van der Waals surface area contributed by atoms with Gasteiger partial charge >= 0.3 is 0 Å². The molecule has 0 amide bonds. The lowest BCUT2D eigenvalue weighted by atomic mass is 9.90. The van der Waals surface area contributed by atoms with Crippen molar-refractivity contribution in [1.82, 2.24) is 9.47 Å². The van der Waals surface area contributed by atoms with Crippen molar-refractivity contribution in [3.63, 3.8) is 0 Å². The molecule has 0 unspecified atom stereocenters. The van der Waals surface area contributed by atoms with Crippen molar-refractivity contribution < 1.29 is 9.53 Å². The minimum atomic E-state index is 0.203. The Labute approximate surface area is 208 Å². The molecule has 4 aromatic rings. The minimum absolute atomic E-state index is 0.203. The van der Waals surface area contributed by atoms with Crippen LogP contribution in [0.2, 0.25) is 0 Å². The van der Waals surface area contributed by atoms with Crippen molar-refractivity contribution in [3.8, 4) is 5.75 Å². The van der Waals surface area contributed by atoms with Gasteiger partial charge in [0.1, 0.15) is 5.75 Å². The molecular formula is C31H34N2O2. The van der Waals surface area contributed by atoms with Gasteiger partial charge in [0.05, 0.1) is 13.7 Å². The Morgan fingerprint density at radius 2 is 1.57 bits per heavy atom. The van der Waals surface area contributed by atoms with Crippen LogP contribution in [0.5, 0.6) is 5.75 Å². The highest BCUT2D eigenvalue weighted by atomic mass is 16.5. The number of hydrogen-bond donors (Lipinski definition) is 0. The second-order valence-corrected chi connectivity index (χ2v) is 9.75. The van der Waals surface area contributed by atoms with Crippen LogP contribution in [-0.4, -0.2) is 42.0 Å². The van der Waals surface area contributed by atoms with Crippen LogP contribution >= 0.6 is 0 Å². The van der Waals surface area contributed by atoms with E-state index in [0.29, 0.717) is 12.5 Å². The smallest absolute Gasteiger partial charge is 0.179 e. The standard InChI is InChI=1S/C31H34N2O2/c1-23-31(30(34)22-32-17-15-25(16-18-32)19-24-9-5-3-6-10-24)28-20-27(35-2)13-14-29(28)33(23)21-26-11-7-4-8-12-26/h3-14,20,25H,15-19,21-22H2,1-2H3. The largest absolute Gasteiger partial charge is 0.497 e. The van der Waals surface area contributed by atoms with Gasteiger partial charge in [-0.2, -0.15) is 0 Å². The third kappa shape index (κ3) is 5.18. The summed E-state index contributed by atoms with van der Waals surface area (Å²) in [5.41, 5.74) is 5.58. The molecule has 1 aliphatic rings. The molecule has 1 aromatic heterocycles. The van der Waals surface area contributed by atoms with E-state index in [1.54, 1.807) is 7.11 Å². The Hall–Kier alpha value is -3.37. The predicted octanol–water partition coefficient (Wildman–Crippen LogP) is 6.14. The topological polar surface area (TPSA) is 34.5 Å². The van der Waals surface area contributed by atoms with Crippen LogP contribution in [0.4, 0.5) is 0 Å². The summed E-state index contributed by atoms with van der Waals surface area (Å²) in [5.74, 6) is 1.68. The van der Waals surface area contributed by atoms with Gasteiger partial charge in [-0.3, -0.25) is 9.69 Å². The Morgan fingerprint density at radius 3 is 2.23 bits per heavy atom. The van der Waals surface area contributed by atoms with Crippen molar-refractivity contribution >= 4 is 16.7 Å². The van der Waals surface area contributed by atoms with Gasteiger partial charge in [-0.05, 0) is 74.5 Å². The predicted molar refractivity (Wildman–Crippen MR) is 142 cm³/mol. The molecule has 0 aliphatic carbocycles. The maximum atomic E-state index is 13.7. The van der Waals surface area contributed by atoms with Gasteiger partial charge in [-0.25, -0.2) is 0 Å². The fraction of sp³-hybridized carbons (Fsp3) is 0.323. The molecule has 0 spiro atoms. The van der Waals surface area contributed by atoms with E-state index >= 15 is 0 Å². The van der Waals surface area contributed by atoms with E-state index in [1.807, 2.05) is 18.2 Å². The summed E-state index contributed by atoms with van der Waals surface area (Å²) < 4.78 is 7.77. The number of ether oxygens (including phenoxy) is 1. The Morgan fingerprint density at radius 1 is 0.914 bits per heavy atom. The van der Waals surface area contributed by atoms with E-state index in [2.05, 4.69) is 77.1 Å². The summed E-state index contributed by atoms with van der Waals surface area (Å²) in [4.78, 5) is 16.0. The highest BCUT2D eigenvalue weighted by Crippen LogP contribution is 2.31. The van der Waals surface area contributed by atoms with Gasteiger partial charge in [0.15, 0.2) is 5.78 Å². The normalized spacial score (nSPS) is 14.9. The van der Waals surface area contributed by atoms with Gasteiger partial charge in [-0.1, -0.05) is 60.7 Å². The molecule has 0 radical (unpaired) electrons. The second kappa shape index (κ2) is 10.5. The van der Waals surface area contributed by atoms with Crippen molar-refractivity contribution in [3.05, 3.63) is 101 Å². The first-order valence-electron chi connectivity index (χ1n) is 12.6. The number of Topliss-reactive ketones (excluding diaryl/α,β-unsaturated/α-hetero) is 1. The molecule has 4 heteroatoms. The van der Waals surface area contributed by atoms with E-state index in [-0.39, 0.29) is 5.78 Å². The summed E-state index contributed by atoms with van der Waals surface area (Å²) in [7, 11) is 1.68. The molecule has 1 fully saturated rings. The number of likely N-dealkylation sites (tertiary alicyclic amines) is 1. The molecule has 5 rings (SSSR count). The van der Waals surface area contributed by atoms with E-state index in [4.69, 9.17) is 4.74 Å². The molecule has 1 aliphatic heterocycles. The molecule has 0 N–H and O–H groups in total. The average molecular weight is 467 g/mol. The van der Waals surface area contributed by atoms with Crippen molar-refractivity contribution in [2.45, 2.75) is 32.7 Å². The summed E-state index contributed by atoms with van der Waals surface area (Å²) in [6, 6.07) is 27.3. The Balaban J connectivity index is 1.34. The zero-order valence-corrected chi connectivity index (χ0v) is 20.7. The number of piperidine rings is 1. The lowest BCUT2D eigenvalue weighted by molar-refractivity contribution is 0.0896. The summed E-state index contributed by atoms with van der Waals surface area (Å²) in [6.45, 7) is 5.26. The zero-order valence-electron chi connectivity index (χ0n) is 20.7. The maximum absolute atomic E-state index is 13.7.